The summed E-state index contributed by atoms with van der Waals surface area (Å²) in [6.45, 7) is 4.82. The predicted octanol–water partition coefficient (Wildman–Crippen LogP) is 2.10. The van der Waals surface area contributed by atoms with Crippen LogP contribution in [0.4, 0.5) is 0 Å². The fourth-order valence-electron chi connectivity index (χ4n) is 1.39. The summed E-state index contributed by atoms with van der Waals surface area (Å²) >= 11 is 0. The van der Waals surface area contributed by atoms with Gasteiger partial charge in [-0.05, 0) is 37.6 Å². The van der Waals surface area contributed by atoms with E-state index in [-0.39, 0.29) is 11.3 Å². The number of hydroxylamine groups is 2. The van der Waals surface area contributed by atoms with Gasteiger partial charge in [-0.3, -0.25) is 0 Å². The summed E-state index contributed by atoms with van der Waals surface area (Å²) in [5.41, 5.74) is 0.559. The maximum atomic E-state index is 11.8. The molecule has 100 valence electrons. The predicted molar refractivity (Wildman–Crippen MR) is 70.7 cm³/mol. The molecule has 0 aliphatic heterocycles. The zero-order valence-corrected chi connectivity index (χ0v) is 11.0. The zero-order valence-electron chi connectivity index (χ0n) is 11.0. The Morgan fingerprint density at radius 3 is 2.42 bits per heavy atom. The lowest BCUT2D eigenvalue weighted by molar-refractivity contribution is -0.182. The van der Waals surface area contributed by atoms with Crippen molar-refractivity contribution in [2.24, 2.45) is 0 Å². The molecule has 19 heavy (non-hydrogen) atoms. The average Bonchev–Trinajstić information content (AvgIpc) is 2.43. The minimum absolute atomic E-state index is 0.0856. The van der Waals surface area contributed by atoms with Gasteiger partial charge in [0.05, 0.1) is 0 Å². The molecule has 0 aliphatic rings. The first-order valence-corrected chi connectivity index (χ1v) is 5.98. The van der Waals surface area contributed by atoms with Gasteiger partial charge >= 0.3 is 5.97 Å². The van der Waals surface area contributed by atoms with Crippen molar-refractivity contribution < 1.29 is 14.7 Å². The van der Waals surface area contributed by atoms with Crippen LogP contribution >= 0.6 is 0 Å². The molecule has 0 atom stereocenters. The van der Waals surface area contributed by atoms with Gasteiger partial charge in [-0.2, -0.15) is 5.26 Å². The number of carbonyl (C=O) groups excluding carboxylic acids is 1. The summed E-state index contributed by atoms with van der Waals surface area (Å²) in [4.78, 5) is 16.8. The Balaban J connectivity index is 2.85. The third-order valence-corrected chi connectivity index (χ3v) is 2.46. The van der Waals surface area contributed by atoms with Crippen molar-refractivity contribution in [3.8, 4) is 11.8 Å². The van der Waals surface area contributed by atoms with Gasteiger partial charge in [0, 0.05) is 13.1 Å². The van der Waals surface area contributed by atoms with Gasteiger partial charge in [0.25, 0.3) is 0 Å². The number of phenolic OH excluding ortho intramolecular Hbond substituents is 1. The third kappa shape index (κ3) is 4.45. The molecule has 0 amide bonds. The Bertz CT molecular complexity index is 496. The Morgan fingerprint density at radius 1 is 1.37 bits per heavy atom. The van der Waals surface area contributed by atoms with E-state index in [0.29, 0.717) is 18.7 Å². The largest absolute Gasteiger partial charge is 0.508 e. The molecule has 0 radical (unpaired) electrons. The van der Waals surface area contributed by atoms with E-state index in [1.807, 2.05) is 19.9 Å². The maximum absolute atomic E-state index is 11.8. The Labute approximate surface area is 112 Å². The Morgan fingerprint density at radius 2 is 1.95 bits per heavy atom. The fraction of sp³-hybridized carbons (Fsp3) is 0.286. The Hall–Kier alpha value is -2.32. The van der Waals surface area contributed by atoms with E-state index in [1.165, 1.54) is 23.3 Å². The van der Waals surface area contributed by atoms with Gasteiger partial charge in [0.1, 0.15) is 17.4 Å². The quantitative estimate of drug-likeness (QED) is 0.498. The molecule has 1 N–H and O–H groups in total. The second-order valence-corrected chi connectivity index (χ2v) is 3.75. The van der Waals surface area contributed by atoms with Crippen molar-refractivity contribution in [2.75, 3.05) is 13.1 Å². The van der Waals surface area contributed by atoms with Crippen molar-refractivity contribution in [3.05, 3.63) is 35.4 Å². The summed E-state index contributed by atoms with van der Waals surface area (Å²) in [5.74, 6) is -0.555. The number of nitriles is 1. The molecule has 1 aromatic rings. The van der Waals surface area contributed by atoms with Crippen molar-refractivity contribution >= 4 is 12.0 Å². The van der Waals surface area contributed by atoms with Crippen LogP contribution in [-0.2, 0) is 9.63 Å². The van der Waals surface area contributed by atoms with Crippen LogP contribution < -0.4 is 0 Å². The van der Waals surface area contributed by atoms with E-state index in [9.17, 15) is 4.79 Å². The normalized spacial score (nSPS) is 11.2. The van der Waals surface area contributed by atoms with E-state index >= 15 is 0 Å². The van der Waals surface area contributed by atoms with Crippen LogP contribution in [0.1, 0.15) is 19.4 Å². The molecule has 1 rings (SSSR count). The van der Waals surface area contributed by atoms with Crippen LogP contribution in [-0.4, -0.2) is 29.2 Å². The molecule has 0 heterocycles. The minimum atomic E-state index is -0.681. The van der Waals surface area contributed by atoms with Gasteiger partial charge in [0.2, 0.25) is 0 Å². The van der Waals surface area contributed by atoms with Crippen molar-refractivity contribution in [1.82, 2.24) is 5.06 Å². The fourth-order valence-corrected chi connectivity index (χ4v) is 1.39. The third-order valence-electron chi connectivity index (χ3n) is 2.46. The van der Waals surface area contributed by atoms with Crippen LogP contribution in [0.25, 0.3) is 6.08 Å². The summed E-state index contributed by atoms with van der Waals surface area (Å²) in [6.07, 6.45) is 1.42. The highest BCUT2D eigenvalue weighted by atomic mass is 16.7. The van der Waals surface area contributed by atoms with Gasteiger partial charge < -0.3 is 9.94 Å². The molecule has 1 aromatic carbocycles. The molecule has 5 heteroatoms. The standard InChI is InChI=1S/C14H16N2O3/c1-3-16(4-2)19-14(18)12(10-15)9-11-5-7-13(17)8-6-11/h5-9,17H,3-4H2,1-2H3/b12-9+. The zero-order chi connectivity index (χ0) is 14.3. The van der Waals surface area contributed by atoms with Crippen LogP contribution in [0.3, 0.4) is 0 Å². The lowest BCUT2D eigenvalue weighted by Crippen LogP contribution is -2.27. The van der Waals surface area contributed by atoms with Gasteiger partial charge in [-0.15, -0.1) is 5.06 Å². The molecule has 0 aromatic heterocycles. The van der Waals surface area contributed by atoms with Crippen molar-refractivity contribution in [3.63, 3.8) is 0 Å². The maximum Gasteiger partial charge on any atom is 0.367 e. The molecule has 0 saturated carbocycles. The first-order valence-electron chi connectivity index (χ1n) is 5.98. The Kier molecular flexibility index (Phi) is 5.58. The van der Waals surface area contributed by atoms with E-state index in [1.54, 1.807) is 12.1 Å². The van der Waals surface area contributed by atoms with Crippen LogP contribution in [0.15, 0.2) is 29.8 Å². The molecular weight excluding hydrogens is 244 g/mol. The number of hydrogen-bond donors (Lipinski definition) is 1. The summed E-state index contributed by atoms with van der Waals surface area (Å²) in [6, 6.07) is 8.00. The summed E-state index contributed by atoms with van der Waals surface area (Å²) in [5, 5.41) is 19.6. The molecule has 0 unspecified atom stereocenters. The first kappa shape index (κ1) is 14.7. The second kappa shape index (κ2) is 7.19. The number of hydrogen-bond acceptors (Lipinski definition) is 5. The number of aromatic hydroxyl groups is 1. The molecule has 0 spiro atoms. The van der Waals surface area contributed by atoms with Gasteiger partial charge in [0.15, 0.2) is 0 Å². The van der Waals surface area contributed by atoms with E-state index < -0.39 is 5.97 Å². The minimum Gasteiger partial charge on any atom is -0.508 e. The molecular formula is C14H16N2O3. The summed E-state index contributed by atoms with van der Waals surface area (Å²) < 4.78 is 0. The number of carbonyl (C=O) groups is 1. The monoisotopic (exact) mass is 260 g/mol. The number of nitrogens with zero attached hydrogens (tertiary/aromatic N) is 2. The second-order valence-electron chi connectivity index (χ2n) is 3.75. The van der Waals surface area contributed by atoms with Crippen LogP contribution in [0.2, 0.25) is 0 Å². The number of rotatable bonds is 5. The molecule has 0 saturated heterocycles. The topological polar surface area (TPSA) is 73.6 Å². The highest BCUT2D eigenvalue weighted by molar-refractivity contribution is 5.97. The molecule has 5 nitrogen and oxygen atoms in total. The smallest absolute Gasteiger partial charge is 0.367 e. The summed E-state index contributed by atoms with van der Waals surface area (Å²) in [7, 11) is 0. The molecule has 0 aliphatic carbocycles. The van der Waals surface area contributed by atoms with E-state index in [0.717, 1.165) is 0 Å². The average molecular weight is 260 g/mol. The van der Waals surface area contributed by atoms with Crippen LogP contribution in [0, 0.1) is 11.3 Å². The number of benzene rings is 1. The van der Waals surface area contributed by atoms with Crippen LogP contribution in [0.5, 0.6) is 5.75 Å². The van der Waals surface area contributed by atoms with E-state index in [4.69, 9.17) is 15.2 Å². The van der Waals surface area contributed by atoms with Gasteiger partial charge in [-0.1, -0.05) is 12.1 Å². The first-order chi connectivity index (χ1) is 9.10. The molecule has 0 bridgehead atoms. The number of phenols is 1. The van der Waals surface area contributed by atoms with Gasteiger partial charge in [-0.25, -0.2) is 4.79 Å². The van der Waals surface area contributed by atoms with Crippen molar-refractivity contribution in [1.29, 1.82) is 5.26 Å². The highest BCUT2D eigenvalue weighted by Gasteiger charge is 2.14. The SMILES string of the molecule is CCN(CC)OC(=O)/C(C#N)=C/c1ccc(O)cc1. The lowest BCUT2D eigenvalue weighted by Gasteiger charge is -2.16. The van der Waals surface area contributed by atoms with E-state index in [2.05, 4.69) is 0 Å². The lowest BCUT2D eigenvalue weighted by atomic mass is 10.1. The van der Waals surface area contributed by atoms with Crippen molar-refractivity contribution in [2.45, 2.75) is 13.8 Å². The molecule has 0 fully saturated rings. The highest BCUT2D eigenvalue weighted by Crippen LogP contribution is 2.13.